The maximum Gasteiger partial charge on any atom is 0.263 e. The Morgan fingerprint density at radius 3 is 2.49 bits per heavy atom. The van der Waals surface area contributed by atoms with Crippen molar-refractivity contribution in [2.45, 2.75) is 19.9 Å². The number of aromatic nitrogens is 6. The van der Waals surface area contributed by atoms with Crippen LogP contribution in [0, 0.1) is 0 Å². The molecule has 0 aliphatic rings. The summed E-state index contributed by atoms with van der Waals surface area (Å²) in [6.45, 7) is 4.53. The van der Waals surface area contributed by atoms with Gasteiger partial charge in [-0.2, -0.15) is 0 Å². The van der Waals surface area contributed by atoms with Crippen molar-refractivity contribution in [3.63, 3.8) is 0 Å². The molecule has 0 amide bonds. The summed E-state index contributed by atoms with van der Waals surface area (Å²) in [5, 5.41) is 8.13. The number of rotatable bonds is 7. The average Bonchev–Trinajstić information content (AvgIpc) is 2.99. The number of H-pyrrole nitrogens is 1. The first-order chi connectivity index (χ1) is 20.0. The fourth-order valence-electron chi connectivity index (χ4n) is 4.99. The fraction of sp³-hybridized carbons (Fsp3) is 0.133. The molecular weight excluding hydrogens is 540 g/mol. The number of anilines is 2. The van der Waals surface area contributed by atoms with Crippen LogP contribution in [0.25, 0.3) is 38.6 Å². The summed E-state index contributed by atoms with van der Waals surface area (Å²) in [5.74, 6) is 0.841. The van der Waals surface area contributed by atoms with E-state index < -0.39 is 6.04 Å². The second-order valence-electron chi connectivity index (χ2n) is 9.38. The van der Waals surface area contributed by atoms with E-state index in [9.17, 15) is 9.59 Å². The summed E-state index contributed by atoms with van der Waals surface area (Å²) >= 11 is 7.16. The smallest absolute Gasteiger partial charge is 0.263 e. The van der Waals surface area contributed by atoms with E-state index in [1.807, 2.05) is 62.4 Å². The molecule has 204 valence electrons. The number of fused-ring (bicyclic) bond motifs is 2. The highest BCUT2D eigenvalue weighted by Crippen LogP contribution is 2.36. The number of nitrogens with one attached hydrogen (secondary N) is 3. The minimum Gasteiger partial charge on any atom is -0.361 e. The second-order valence-corrected chi connectivity index (χ2v) is 9.76. The van der Waals surface area contributed by atoms with Crippen LogP contribution in [0.1, 0.15) is 25.6 Å². The predicted molar refractivity (Wildman–Crippen MR) is 162 cm³/mol. The van der Waals surface area contributed by atoms with E-state index in [1.165, 1.54) is 18.6 Å². The third-order valence-electron chi connectivity index (χ3n) is 6.81. The van der Waals surface area contributed by atoms with Gasteiger partial charge in [-0.25, -0.2) is 19.9 Å². The van der Waals surface area contributed by atoms with Crippen molar-refractivity contribution < 1.29 is 0 Å². The van der Waals surface area contributed by atoms with Crippen molar-refractivity contribution in [2.75, 3.05) is 17.2 Å². The Labute approximate surface area is 239 Å². The average molecular weight is 565 g/mol. The lowest BCUT2D eigenvalue weighted by atomic mass is 9.99. The van der Waals surface area contributed by atoms with E-state index in [2.05, 4.69) is 35.6 Å². The SMILES string of the molecule is CCNc1ncc(-c2cccc3c(Cl)c([C@H](C)Nc4ncnc5[nH]ccc(=O)c45)n(-c4ccccc4)c(=O)c23)cn1. The number of halogens is 1. The summed E-state index contributed by atoms with van der Waals surface area (Å²) in [5.41, 5.74) is 2.44. The quantitative estimate of drug-likeness (QED) is 0.237. The van der Waals surface area contributed by atoms with Gasteiger partial charge in [-0.1, -0.05) is 48.0 Å². The van der Waals surface area contributed by atoms with Crippen molar-refractivity contribution in [3.8, 4) is 16.8 Å². The van der Waals surface area contributed by atoms with Gasteiger partial charge < -0.3 is 15.6 Å². The number of hydrogen-bond donors (Lipinski definition) is 3. The number of pyridine rings is 2. The molecule has 0 radical (unpaired) electrons. The fourth-order valence-corrected chi connectivity index (χ4v) is 5.39. The summed E-state index contributed by atoms with van der Waals surface area (Å²) in [4.78, 5) is 47.4. The highest BCUT2D eigenvalue weighted by atomic mass is 35.5. The zero-order valence-electron chi connectivity index (χ0n) is 22.2. The van der Waals surface area contributed by atoms with Crippen LogP contribution in [-0.4, -0.2) is 36.0 Å². The van der Waals surface area contributed by atoms with Crippen LogP contribution in [0.4, 0.5) is 11.8 Å². The highest BCUT2D eigenvalue weighted by Gasteiger charge is 2.24. The minimum atomic E-state index is -0.538. The van der Waals surface area contributed by atoms with E-state index in [0.29, 0.717) is 67.6 Å². The zero-order valence-corrected chi connectivity index (χ0v) is 23.0. The van der Waals surface area contributed by atoms with Crippen LogP contribution in [0.15, 0.2) is 89.1 Å². The number of hydrogen-bond acceptors (Lipinski definition) is 8. The predicted octanol–water partition coefficient (Wildman–Crippen LogP) is 5.34. The molecule has 0 aliphatic carbocycles. The standard InChI is InChI=1S/C30H25ClN8O2/c1-3-32-30-34-14-18(15-35-30)20-10-7-11-21-23(20)29(41)39(19-8-5-4-6-9-19)26(25(21)31)17(2)38-28-24-22(40)12-13-33-27(24)36-16-37-28/h4-17H,3H2,1-2H3,(H,32,34,35)(H2,33,36,37,38,40)/t17-/m0/s1. The van der Waals surface area contributed by atoms with Crippen LogP contribution in [-0.2, 0) is 0 Å². The van der Waals surface area contributed by atoms with Gasteiger partial charge >= 0.3 is 0 Å². The van der Waals surface area contributed by atoms with Gasteiger partial charge in [0.15, 0.2) is 5.43 Å². The topological polar surface area (TPSA) is 130 Å². The Morgan fingerprint density at radius 2 is 1.73 bits per heavy atom. The molecule has 41 heavy (non-hydrogen) atoms. The van der Waals surface area contributed by atoms with Crippen molar-refractivity contribution in [1.29, 1.82) is 0 Å². The van der Waals surface area contributed by atoms with Crippen LogP contribution in [0.5, 0.6) is 0 Å². The minimum absolute atomic E-state index is 0.230. The summed E-state index contributed by atoms with van der Waals surface area (Å²) < 4.78 is 1.60. The molecule has 11 heteroatoms. The van der Waals surface area contributed by atoms with Gasteiger partial charge in [0.25, 0.3) is 5.56 Å². The first-order valence-electron chi connectivity index (χ1n) is 13.1. The first-order valence-corrected chi connectivity index (χ1v) is 13.4. The van der Waals surface area contributed by atoms with Gasteiger partial charge in [0.1, 0.15) is 23.2 Å². The molecule has 4 aromatic heterocycles. The lowest BCUT2D eigenvalue weighted by Crippen LogP contribution is -2.27. The molecule has 2 aromatic carbocycles. The van der Waals surface area contributed by atoms with Crippen LogP contribution in [0.3, 0.4) is 0 Å². The molecule has 0 saturated carbocycles. The molecule has 0 fully saturated rings. The van der Waals surface area contributed by atoms with Gasteiger partial charge in [0.2, 0.25) is 5.95 Å². The first kappa shape index (κ1) is 26.1. The lowest BCUT2D eigenvalue weighted by molar-refractivity contribution is 0.774. The maximum absolute atomic E-state index is 14.4. The second kappa shape index (κ2) is 10.8. The van der Waals surface area contributed by atoms with Gasteiger partial charge in [-0.15, -0.1) is 0 Å². The molecule has 10 nitrogen and oxygen atoms in total. The number of benzene rings is 2. The maximum atomic E-state index is 14.4. The molecule has 6 rings (SSSR count). The normalized spacial score (nSPS) is 12.0. The van der Waals surface area contributed by atoms with Crippen LogP contribution < -0.4 is 21.6 Å². The molecule has 0 spiro atoms. The van der Waals surface area contributed by atoms with Gasteiger partial charge in [-0.05, 0) is 31.5 Å². The molecule has 0 bridgehead atoms. The molecule has 6 aromatic rings. The van der Waals surface area contributed by atoms with E-state index in [-0.39, 0.29) is 11.0 Å². The van der Waals surface area contributed by atoms with Crippen molar-refractivity contribution in [2.24, 2.45) is 0 Å². The Balaban J connectivity index is 1.58. The number of nitrogens with zero attached hydrogens (tertiary/aromatic N) is 5. The van der Waals surface area contributed by atoms with E-state index in [4.69, 9.17) is 11.6 Å². The third kappa shape index (κ3) is 4.68. The largest absolute Gasteiger partial charge is 0.361 e. The van der Waals surface area contributed by atoms with Crippen molar-refractivity contribution in [3.05, 3.63) is 111 Å². The lowest BCUT2D eigenvalue weighted by Gasteiger charge is -2.24. The summed E-state index contributed by atoms with van der Waals surface area (Å²) in [6, 6.07) is 15.7. The molecule has 0 aliphatic heterocycles. The summed E-state index contributed by atoms with van der Waals surface area (Å²) in [6.07, 6.45) is 6.29. The molecule has 1 atom stereocenters. The number of aromatic amines is 1. The van der Waals surface area contributed by atoms with Crippen LogP contribution >= 0.6 is 11.6 Å². The molecule has 4 heterocycles. The highest BCUT2D eigenvalue weighted by molar-refractivity contribution is 6.36. The van der Waals surface area contributed by atoms with Crippen molar-refractivity contribution in [1.82, 2.24) is 29.5 Å². The van der Waals surface area contributed by atoms with Gasteiger partial charge in [0, 0.05) is 47.8 Å². The third-order valence-corrected chi connectivity index (χ3v) is 7.20. The zero-order chi connectivity index (χ0) is 28.5. The Bertz CT molecular complexity index is 2000. The molecule has 0 saturated heterocycles. The Kier molecular flexibility index (Phi) is 6.90. The van der Waals surface area contributed by atoms with E-state index in [0.717, 1.165) is 0 Å². The number of para-hydroxylation sites is 1. The van der Waals surface area contributed by atoms with Crippen LogP contribution in [0.2, 0.25) is 5.02 Å². The van der Waals surface area contributed by atoms with Gasteiger partial charge in [-0.3, -0.25) is 14.2 Å². The summed E-state index contributed by atoms with van der Waals surface area (Å²) in [7, 11) is 0. The monoisotopic (exact) mass is 564 g/mol. The van der Waals surface area contributed by atoms with E-state index >= 15 is 0 Å². The van der Waals surface area contributed by atoms with Gasteiger partial charge in [0.05, 0.1) is 22.1 Å². The molecule has 0 unspecified atom stereocenters. The molecule has 3 N–H and O–H groups in total. The Morgan fingerprint density at radius 1 is 0.951 bits per heavy atom. The Hall–Kier alpha value is -5.09. The molecular formula is C30H25ClN8O2. The van der Waals surface area contributed by atoms with Crippen molar-refractivity contribution >= 4 is 45.2 Å². The van der Waals surface area contributed by atoms with E-state index in [1.54, 1.807) is 17.0 Å².